The summed E-state index contributed by atoms with van der Waals surface area (Å²) in [4.78, 5) is 22.0. The quantitative estimate of drug-likeness (QED) is 0.522. The van der Waals surface area contributed by atoms with Gasteiger partial charge in [-0.25, -0.2) is 0 Å². The van der Waals surface area contributed by atoms with Gasteiger partial charge in [0.15, 0.2) is 5.69 Å². The number of nitrogens with zero attached hydrogens (tertiary/aromatic N) is 2. The predicted molar refractivity (Wildman–Crippen MR) is 99.3 cm³/mol. The minimum Gasteiger partial charge on any atom is -0.400 e. The zero-order chi connectivity index (χ0) is 19.7. The van der Waals surface area contributed by atoms with Gasteiger partial charge >= 0.3 is 5.69 Å². The van der Waals surface area contributed by atoms with Crippen LogP contribution in [0.25, 0.3) is 0 Å². The highest BCUT2D eigenvalue weighted by Crippen LogP contribution is 2.42. The Labute approximate surface area is 148 Å². The van der Waals surface area contributed by atoms with E-state index >= 15 is 0 Å². The standard InChI is InChI=1S/C16H25N3O4.CH4O/c1-6-10(4)13-9-14(18(20)21)15(17-12(7-2)8-3)16(11(13)5)19(22)23;1-2/h9-10,12,17H,6-8H2,1-5H3;2H,1H3. The van der Waals surface area contributed by atoms with Crippen LogP contribution in [0.2, 0.25) is 0 Å². The second-order valence-corrected chi connectivity index (χ2v) is 5.81. The molecule has 1 rings (SSSR count). The number of nitro groups is 2. The summed E-state index contributed by atoms with van der Waals surface area (Å²) in [5, 5.41) is 33.1. The summed E-state index contributed by atoms with van der Waals surface area (Å²) in [6.07, 6.45) is 2.22. The molecule has 25 heavy (non-hydrogen) atoms. The second-order valence-electron chi connectivity index (χ2n) is 5.81. The van der Waals surface area contributed by atoms with Crippen molar-refractivity contribution in [2.75, 3.05) is 12.4 Å². The molecular weight excluding hydrogens is 326 g/mol. The molecule has 8 nitrogen and oxygen atoms in total. The highest BCUT2D eigenvalue weighted by atomic mass is 16.6. The van der Waals surface area contributed by atoms with E-state index in [0.29, 0.717) is 11.1 Å². The summed E-state index contributed by atoms with van der Waals surface area (Å²) in [5.41, 5.74) is 0.800. The van der Waals surface area contributed by atoms with Crippen LogP contribution in [-0.4, -0.2) is 28.1 Å². The molecule has 1 aromatic carbocycles. The smallest absolute Gasteiger partial charge is 0.302 e. The van der Waals surface area contributed by atoms with Crippen LogP contribution >= 0.6 is 0 Å². The van der Waals surface area contributed by atoms with Crippen LogP contribution in [0.1, 0.15) is 64.0 Å². The van der Waals surface area contributed by atoms with Gasteiger partial charge in [-0.3, -0.25) is 20.2 Å². The number of benzene rings is 1. The number of hydrogen-bond donors (Lipinski definition) is 2. The van der Waals surface area contributed by atoms with Crippen LogP contribution in [-0.2, 0) is 0 Å². The minimum absolute atomic E-state index is 0.0228. The number of nitrogens with one attached hydrogen (secondary N) is 1. The molecule has 0 aromatic heterocycles. The summed E-state index contributed by atoms with van der Waals surface area (Å²) >= 11 is 0. The highest BCUT2D eigenvalue weighted by Gasteiger charge is 2.32. The SMILES string of the molecule is CCC(CC)Nc1c([N+](=O)[O-])cc(C(C)CC)c(C)c1[N+](=O)[O-].CO. The number of nitro benzene ring substituents is 2. The third-order valence-corrected chi connectivity index (χ3v) is 4.43. The topological polar surface area (TPSA) is 119 Å². The zero-order valence-electron chi connectivity index (χ0n) is 15.8. The molecule has 0 amide bonds. The normalized spacial score (nSPS) is 11.5. The molecule has 0 aliphatic heterocycles. The Balaban J connectivity index is 0.00000277. The molecule has 2 N–H and O–H groups in total. The molecule has 1 aromatic rings. The summed E-state index contributed by atoms with van der Waals surface area (Å²) in [6.45, 7) is 9.43. The van der Waals surface area contributed by atoms with Gasteiger partial charge in [-0.1, -0.05) is 27.7 Å². The Bertz CT molecular complexity index is 600. The Hall–Kier alpha value is -2.22. The number of aliphatic hydroxyl groups is 1. The molecule has 0 saturated carbocycles. The van der Waals surface area contributed by atoms with Crippen molar-refractivity contribution in [1.29, 1.82) is 0 Å². The van der Waals surface area contributed by atoms with E-state index in [9.17, 15) is 20.2 Å². The first-order valence-corrected chi connectivity index (χ1v) is 8.45. The molecule has 0 aliphatic rings. The Kier molecular flexibility index (Phi) is 9.66. The molecule has 1 unspecified atom stereocenters. The molecule has 142 valence electrons. The molecule has 0 bridgehead atoms. The van der Waals surface area contributed by atoms with Crippen molar-refractivity contribution >= 4 is 17.1 Å². The van der Waals surface area contributed by atoms with Gasteiger partial charge in [0.1, 0.15) is 0 Å². The van der Waals surface area contributed by atoms with E-state index in [4.69, 9.17) is 5.11 Å². The number of anilines is 1. The maximum Gasteiger partial charge on any atom is 0.302 e. The Morgan fingerprint density at radius 2 is 1.60 bits per heavy atom. The minimum atomic E-state index is -0.539. The number of aliphatic hydroxyl groups excluding tert-OH is 1. The van der Waals surface area contributed by atoms with Crippen molar-refractivity contribution < 1.29 is 15.0 Å². The van der Waals surface area contributed by atoms with Crippen LogP contribution in [0.4, 0.5) is 17.1 Å². The molecule has 0 radical (unpaired) electrons. The third kappa shape index (κ3) is 5.38. The van der Waals surface area contributed by atoms with Gasteiger partial charge in [-0.05, 0) is 37.7 Å². The number of hydrogen-bond acceptors (Lipinski definition) is 6. The van der Waals surface area contributed by atoms with Crippen molar-refractivity contribution in [3.63, 3.8) is 0 Å². The van der Waals surface area contributed by atoms with Gasteiger partial charge in [0.25, 0.3) is 5.69 Å². The van der Waals surface area contributed by atoms with Crippen molar-refractivity contribution in [2.24, 2.45) is 0 Å². The maximum atomic E-state index is 11.6. The summed E-state index contributed by atoms with van der Waals surface area (Å²) in [5.74, 6) is 0.0228. The molecule has 1 atom stereocenters. The van der Waals surface area contributed by atoms with Crippen molar-refractivity contribution in [2.45, 2.75) is 65.8 Å². The molecule has 0 fully saturated rings. The lowest BCUT2D eigenvalue weighted by atomic mass is 9.91. The molecular formula is C17H29N3O5. The van der Waals surface area contributed by atoms with Gasteiger partial charge < -0.3 is 10.4 Å². The first kappa shape index (κ1) is 22.8. The average molecular weight is 355 g/mol. The third-order valence-electron chi connectivity index (χ3n) is 4.43. The summed E-state index contributed by atoms with van der Waals surface area (Å²) in [6, 6.07) is 1.45. The van der Waals surface area contributed by atoms with E-state index in [-0.39, 0.29) is 29.0 Å². The summed E-state index contributed by atoms with van der Waals surface area (Å²) in [7, 11) is 1.00. The first-order chi connectivity index (χ1) is 11.8. The van der Waals surface area contributed by atoms with E-state index in [1.54, 1.807) is 6.92 Å². The number of rotatable bonds is 8. The fourth-order valence-electron chi connectivity index (χ4n) is 2.72. The Morgan fingerprint density at radius 3 is 1.96 bits per heavy atom. The Morgan fingerprint density at radius 1 is 1.08 bits per heavy atom. The predicted octanol–water partition coefficient (Wildman–Crippen LogP) is 4.53. The van der Waals surface area contributed by atoms with Gasteiger partial charge in [-0.2, -0.15) is 0 Å². The molecule has 0 aliphatic carbocycles. The average Bonchev–Trinajstić information content (AvgIpc) is 2.59. The highest BCUT2D eigenvalue weighted by molar-refractivity contribution is 5.78. The van der Waals surface area contributed by atoms with Gasteiger partial charge in [0.05, 0.1) is 9.85 Å². The monoisotopic (exact) mass is 355 g/mol. The van der Waals surface area contributed by atoms with E-state index in [2.05, 4.69) is 5.32 Å². The van der Waals surface area contributed by atoms with Crippen molar-refractivity contribution in [1.82, 2.24) is 0 Å². The van der Waals surface area contributed by atoms with E-state index < -0.39 is 9.85 Å². The molecule has 8 heteroatoms. The molecule has 0 saturated heterocycles. The zero-order valence-corrected chi connectivity index (χ0v) is 15.8. The molecule has 0 spiro atoms. The lowest BCUT2D eigenvalue weighted by Crippen LogP contribution is -2.19. The van der Waals surface area contributed by atoms with Crippen molar-refractivity contribution in [3.05, 3.63) is 37.4 Å². The first-order valence-electron chi connectivity index (χ1n) is 8.45. The van der Waals surface area contributed by atoms with Crippen LogP contribution in [0.3, 0.4) is 0 Å². The van der Waals surface area contributed by atoms with Gasteiger partial charge in [-0.15, -0.1) is 0 Å². The van der Waals surface area contributed by atoms with E-state index in [1.165, 1.54) is 6.07 Å². The maximum absolute atomic E-state index is 11.6. The van der Waals surface area contributed by atoms with Crippen LogP contribution in [0.15, 0.2) is 6.07 Å². The van der Waals surface area contributed by atoms with Crippen LogP contribution < -0.4 is 5.32 Å². The summed E-state index contributed by atoms with van der Waals surface area (Å²) < 4.78 is 0. The van der Waals surface area contributed by atoms with Crippen LogP contribution in [0, 0.1) is 27.2 Å². The fourth-order valence-corrected chi connectivity index (χ4v) is 2.72. The van der Waals surface area contributed by atoms with Gasteiger partial charge in [0, 0.05) is 24.8 Å². The fraction of sp³-hybridized carbons (Fsp3) is 0.647. The van der Waals surface area contributed by atoms with E-state index in [1.807, 2.05) is 27.7 Å². The van der Waals surface area contributed by atoms with Crippen molar-refractivity contribution in [3.8, 4) is 0 Å². The largest absolute Gasteiger partial charge is 0.400 e. The van der Waals surface area contributed by atoms with E-state index in [0.717, 1.165) is 26.4 Å². The lowest BCUT2D eigenvalue weighted by molar-refractivity contribution is -0.392. The lowest BCUT2D eigenvalue weighted by Gasteiger charge is -2.19. The molecule has 0 heterocycles. The second kappa shape index (κ2) is 10.6. The van der Waals surface area contributed by atoms with Gasteiger partial charge in [0.2, 0.25) is 0 Å². The van der Waals surface area contributed by atoms with Crippen LogP contribution in [0.5, 0.6) is 0 Å².